The summed E-state index contributed by atoms with van der Waals surface area (Å²) >= 11 is 12.8. The van der Waals surface area contributed by atoms with Crippen molar-refractivity contribution in [1.82, 2.24) is 10.2 Å². The Morgan fingerprint density at radius 2 is 1.55 bits per heavy atom. The molecule has 44 heavy (non-hydrogen) atoms. The quantitative estimate of drug-likeness (QED) is 0.250. The Bertz CT molecular complexity index is 1560. The molecule has 3 aromatic rings. The highest BCUT2D eigenvalue weighted by Crippen LogP contribution is 2.34. The number of hydrogen-bond donors (Lipinski definition) is 1. The van der Waals surface area contributed by atoms with Gasteiger partial charge in [-0.05, 0) is 62.2 Å². The van der Waals surface area contributed by atoms with Gasteiger partial charge in [0.1, 0.15) is 12.6 Å². The highest BCUT2D eigenvalue weighted by Gasteiger charge is 2.36. The highest BCUT2D eigenvalue weighted by atomic mass is 35.5. The summed E-state index contributed by atoms with van der Waals surface area (Å²) in [5.41, 5.74) is -1.12. The van der Waals surface area contributed by atoms with Crippen LogP contribution in [0.15, 0.2) is 77.7 Å². The second-order valence-corrected chi connectivity index (χ2v) is 13.3. The number of alkyl halides is 3. The van der Waals surface area contributed by atoms with E-state index in [1.54, 1.807) is 24.3 Å². The van der Waals surface area contributed by atoms with Crippen molar-refractivity contribution in [1.29, 1.82) is 0 Å². The normalized spacial score (nSPS) is 15.0. The Morgan fingerprint density at radius 1 is 0.932 bits per heavy atom. The van der Waals surface area contributed by atoms with Gasteiger partial charge in [0.25, 0.3) is 10.0 Å². The van der Waals surface area contributed by atoms with Crippen molar-refractivity contribution in [3.05, 3.63) is 94.0 Å². The molecule has 0 bridgehead atoms. The van der Waals surface area contributed by atoms with Gasteiger partial charge in [0.05, 0.1) is 16.1 Å². The first kappa shape index (κ1) is 33.6. The van der Waals surface area contributed by atoms with Crippen molar-refractivity contribution in [2.75, 3.05) is 10.8 Å². The maximum absolute atomic E-state index is 14.1. The van der Waals surface area contributed by atoms with Gasteiger partial charge in [-0.25, -0.2) is 8.42 Å². The molecule has 13 heteroatoms. The summed E-state index contributed by atoms with van der Waals surface area (Å²) in [6.45, 7) is 0.348. The third-order valence-corrected chi connectivity index (χ3v) is 10.1. The molecule has 0 unspecified atom stereocenters. The van der Waals surface area contributed by atoms with Gasteiger partial charge in [-0.3, -0.25) is 13.9 Å². The first-order valence-electron chi connectivity index (χ1n) is 14.1. The lowest BCUT2D eigenvalue weighted by molar-refractivity contribution is -0.139. The molecule has 7 nitrogen and oxygen atoms in total. The molecule has 0 aromatic heterocycles. The lowest BCUT2D eigenvalue weighted by atomic mass is 9.95. The van der Waals surface area contributed by atoms with Gasteiger partial charge in [0.2, 0.25) is 11.8 Å². The minimum atomic E-state index is -4.76. The van der Waals surface area contributed by atoms with Crippen molar-refractivity contribution in [2.45, 2.75) is 68.7 Å². The maximum atomic E-state index is 14.1. The fraction of sp³-hybridized carbons (Fsp3) is 0.355. The van der Waals surface area contributed by atoms with E-state index in [0.29, 0.717) is 15.9 Å². The summed E-state index contributed by atoms with van der Waals surface area (Å²) in [5, 5.41) is 3.43. The predicted molar refractivity (Wildman–Crippen MR) is 164 cm³/mol. The monoisotopic (exact) mass is 669 g/mol. The first-order chi connectivity index (χ1) is 20.8. The van der Waals surface area contributed by atoms with E-state index in [-0.39, 0.29) is 33.2 Å². The number of nitrogens with zero attached hydrogens (tertiary/aromatic N) is 2. The third kappa shape index (κ3) is 8.05. The Balaban J connectivity index is 1.74. The van der Waals surface area contributed by atoms with Crippen LogP contribution in [0.25, 0.3) is 0 Å². The van der Waals surface area contributed by atoms with E-state index in [2.05, 4.69) is 5.32 Å². The molecule has 1 aliphatic rings. The van der Waals surface area contributed by atoms with Crippen molar-refractivity contribution in [3.8, 4) is 0 Å². The molecule has 1 N–H and O–H groups in total. The number of benzene rings is 3. The minimum Gasteiger partial charge on any atom is -0.352 e. The van der Waals surface area contributed by atoms with E-state index in [1.807, 2.05) is 0 Å². The van der Waals surface area contributed by atoms with Crippen LogP contribution in [0.3, 0.4) is 0 Å². The molecule has 3 aromatic carbocycles. The summed E-state index contributed by atoms with van der Waals surface area (Å²) in [7, 11) is -4.54. The Morgan fingerprint density at radius 3 is 2.16 bits per heavy atom. The van der Waals surface area contributed by atoms with Gasteiger partial charge < -0.3 is 10.2 Å². The topological polar surface area (TPSA) is 86.8 Å². The average Bonchev–Trinajstić information content (AvgIpc) is 3.00. The molecular weight excluding hydrogens is 638 g/mol. The largest absolute Gasteiger partial charge is 0.416 e. The van der Waals surface area contributed by atoms with Gasteiger partial charge in [0.15, 0.2) is 0 Å². The van der Waals surface area contributed by atoms with E-state index in [9.17, 15) is 31.2 Å². The summed E-state index contributed by atoms with van der Waals surface area (Å²) < 4.78 is 69.2. The SMILES string of the molecule is C[C@H](C(=O)NC1CCCCC1)N(Cc1c(Cl)cccc1Cl)C(=O)CN(c1cccc(C(F)(F)F)c1)S(=O)(=O)c1ccccc1. The molecule has 1 saturated carbocycles. The Kier molecular flexibility index (Phi) is 10.9. The van der Waals surface area contributed by atoms with E-state index in [0.717, 1.165) is 49.1 Å². The summed E-state index contributed by atoms with van der Waals surface area (Å²) in [5.74, 6) is -1.30. The fourth-order valence-electron chi connectivity index (χ4n) is 5.09. The van der Waals surface area contributed by atoms with Crippen LogP contribution >= 0.6 is 23.2 Å². The molecule has 1 aliphatic carbocycles. The van der Waals surface area contributed by atoms with E-state index in [1.165, 1.54) is 37.3 Å². The second kappa shape index (κ2) is 14.2. The Labute approximate surface area is 265 Å². The Hall–Kier alpha value is -3.28. The summed E-state index contributed by atoms with van der Waals surface area (Å²) in [6.07, 6.45) is -0.191. The fourth-order valence-corrected chi connectivity index (χ4v) is 7.03. The smallest absolute Gasteiger partial charge is 0.352 e. The number of carbonyl (C=O) groups is 2. The standard InChI is InChI=1S/C31H32Cl2F3N3O4S/c1-21(30(41)37-23-11-4-2-5-12-23)38(19-26-27(32)16-9-17-28(26)33)29(40)20-39(44(42,43)25-14-6-3-7-15-25)24-13-8-10-22(18-24)31(34,35)36/h3,6-10,13-18,21,23H,2,4-5,11-12,19-20H2,1H3,(H,37,41)/t21-/m1/s1. The average molecular weight is 671 g/mol. The van der Waals surface area contributed by atoms with Gasteiger partial charge in [-0.15, -0.1) is 0 Å². The second-order valence-electron chi connectivity index (χ2n) is 10.6. The summed E-state index contributed by atoms with van der Waals surface area (Å²) in [4.78, 5) is 28.4. The number of hydrogen-bond acceptors (Lipinski definition) is 4. The van der Waals surface area contributed by atoms with Crippen LogP contribution in [0.2, 0.25) is 10.0 Å². The number of halogens is 5. The molecular formula is C31H32Cl2F3N3O4S. The zero-order chi connectivity index (χ0) is 32.1. The molecule has 0 spiro atoms. The lowest BCUT2D eigenvalue weighted by Crippen LogP contribution is -2.53. The molecule has 1 fully saturated rings. The van der Waals surface area contributed by atoms with E-state index < -0.39 is 46.2 Å². The van der Waals surface area contributed by atoms with Crippen LogP contribution in [0.1, 0.15) is 50.2 Å². The van der Waals surface area contributed by atoms with Crippen LogP contribution in [0.5, 0.6) is 0 Å². The molecule has 4 rings (SSSR count). The van der Waals surface area contributed by atoms with Crippen molar-refractivity contribution >= 4 is 50.7 Å². The van der Waals surface area contributed by atoms with Gasteiger partial charge in [0, 0.05) is 28.2 Å². The highest BCUT2D eigenvalue weighted by molar-refractivity contribution is 7.92. The number of carbonyl (C=O) groups excluding carboxylic acids is 2. The minimum absolute atomic E-state index is 0.0698. The molecule has 0 heterocycles. The van der Waals surface area contributed by atoms with Crippen molar-refractivity contribution < 1.29 is 31.2 Å². The predicted octanol–water partition coefficient (Wildman–Crippen LogP) is 7.07. The van der Waals surface area contributed by atoms with Crippen molar-refractivity contribution in [2.24, 2.45) is 0 Å². The lowest BCUT2D eigenvalue weighted by Gasteiger charge is -2.33. The van der Waals surface area contributed by atoms with Crippen LogP contribution in [-0.4, -0.2) is 43.8 Å². The molecule has 0 saturated heterocycles. The van der Waals surface area contributed by atoms with Crippen LogP contribution < -0.4 is 9.62 Å². The van der Waals surface area contributed by atoms with Gasteiger partial charge in [-0.2, -0.15) is 13.2 Å². The van der Waals surface area contributed by atoms with E-state index >= 15 is 0 Å². The number of rotatable bonds is 10. The maximum Gasteiger partial charge on any atom is 0.416 e. The first-order valence-corrected chi connectivity index (χ1v) is 16.3. The van der Waals surface area contributed by atoms with Crippen LogP contribution in [0, 0.1) is 0 Å². The summed E-state index contributed by atoms with van der Waals surface area (Å²) in [6, 6.07) is 14.4. The van der Waals surface area contributed by atoms with Crippen molar-refractivity contribution in [3.63, 3.8) is 0 Å². The van der Waals surface area contributed by atoms with Gasteiger partial charge >= 0.3 is 6.18 Å². The number of sulfonamides is 1. The zero-order valence-corrected chi connectivity index (χ0v) is 26.2. The number of amides is 2. The van der Waals surface area contributed by atoms with Crippen LogP contribution in [-0.2, 0) is 32.3 Å². The molecule has 0 radical (unpaired) electrons. The zero-order valence-electron chi connectivity index (χ0n) is 23.9. The number of nitrogens with one attached hydrogen (secondary N) is 1. The third-order valence-electron chi connectivity index (χ3n) is 7.58. The molecule has 0 aliphatic heterocycles. The molecule has 1 atom stereocenters. The molecule has 236 valence electrons. The number of anilines is 1. The van der Waals surface area contributed by atoms with Crippen LogP contribution in [0.4, 0.5) is 18.9 Å². The van der Waals surface area contributed by atoms with Gasteiger partial charge in [-0.1, -0.05) is 72.8 Å². The molecule has 2 amide bonds. The van der Waals surface area contributed by atoms with E-state index in [4.69, 9.17) is 23.2 Å².